The van der Waals surface area contributed by atoms with Crippen LogP contribution in [0.25, 0.3) is 10.8 Å². The molecule has 24 heavy (non-hydrogen) atoms. The largest absolute Gasteiger partial charge is 0.487 e. The maximum absolute atomic E-state index is 11.9. The van der Waals surface area contributed by atoms with E-state index < -0.39 is 5.91 Å². The van der Waals surface area contributed by atoms with Gasteiger partial charge in [-0.15, -0.1) is 0 Å². The molecule has 0 spiro atoms. The van der Waals surface area contributed by atoms with Gasteiger partial charge in [-0.1, -0.05) is 30.3 Å². The Morgan fingerprint density at radius 3 is 2.67 bits per heavy atom. The van der Waals surface area contributed by atoms with Gasteiger partial charge >= 0.3 is 0 Å². The maximum atomic E-state index is 11.9. The molecule has 2 aromatic carbocycles. The molecule has 3 aromatic rings. The highest BCUT2D eigenvalue weighted by Crippen LogP contribution is 2.22. The van der Waals surface area contributed by atoms with Gasteiger partial charge in [-0.25, -0.2) is 15.8 Å². The second kappa shape index (κ2) is 6.51. The van der Waals surface area contributed by atoms with Gasteiger partial charge in [-0.3, -0.25) is 10.2 Å². The van der Waals surface area contributed by atoms with Crippen molar-refractivity contribution in [3.05, 3.63) is 59.4 Å². The van der Waals surface area contributed by atoms with Crippen LogP contribution in [0.2, 0.25) is 0 Å². The lowest BCUT2D eigenvalue weighted by Gasteiger charge is -2.12. The lowest BCUT2D eigenvalue weighted by Crippen LogP contribution is -2.32. The van der Waals surface area contributed by atoms with E-state index in [0.717, 1.165) is 10.8 Å². The first kappa shape index (κ1) is 15.7. The zero-order valence-corrected chi connectivity index (χ0v) is 13.1. The molecule has 0 aliphatic rings. The molecular weight excluding hydrogens is 306 g/mol. The second-order valence-electron chi connectivity index (χ2n) is 5.26. The molecule has 0 saturated heterocycles. The van der Waals surface area contributed by atoms with Gasteiger partial charge in [-0.2, -0.15) is 0 Å². The minimum atomic E-state index is -0.482. The van der Waals surface area contributed by atoms with E-state index in [9.17, 15) is 4.79 Å². The number of hydrogen-bond donors (Lipinski definition) is 3. The van der Waals surface area contributed by atoms with Crippen LogP contribution < -0.4 is 21.7 Å². The summed E-state index contributed by atoms with van der Waals surface area (Å²) >= 11 is 0. The highest BCUT2D eigenvalue weighted by atomic mass is 16.5. The van der Waals surface area contributed by atoms with E-state index in [-0.39, 0.29) is 18.1 Å². The summed E-state index contributed by atoms with van der Waals surface area (Å²) in [7, 11) is 0. The summed E-state index contributed by atoms with van der Waals surface area (Å²) in [5, 5.41) is 2.18. The highest BCUT2D eigenvalue weighted by Gasteiger charge is 2.17. The van der Waals surface area contributed by atoms with Crippen molar-refractivity contribution in [2.24, 2.45) is 5.84 Å². The molecule has 0 atom stereocenters. The Morgan fingerprint density at radius 1 is 1.17 bits per heavy atom. The summed E-state index contributed by atoms with van der Waals surface area (Å²) in [6, 6.07) is 13.7. The molecule has 0 radical (unpaired) electrons. The van der Waals surface area contributed by atoms with Gasteiger partial charge in [0.05, 0.1) is 17.0 Å². The average molecular weight is 323 g/mol. The number of nitrogens with two attached hydrogens (primary N) is 2. The first-order valence-corrected chi connectivity index (χ1v) is 7.34. The van der Waals surface area contributed by atoms with E-state index >= 15 is 0 Å². The van der Waals surface area contributed by atoms with Gasteiger partial charge in [-0.05, 0) is 29.8 Å². The van der Waals surface area contributed by atoms with E-state index in [1.807, 2.05) is 42.5 Å². The van der Waals surface area contributed by atoms with Gasteiger partial charge in [0.15, 0.2) is 0 Å². The van der Waals surface area contributed by atoms with Crippen LogP contribution in [0.4, 0.5) is 5.95 Å². The fourth-order valence-electron chi connectivity index (χ4n) is 2.54. The standard InChI is InChI=1S/C17H17N5O2/c1-10-15(16(23)22-19)14(21-17(18)20-10)9-24-13-7-6-11-4-2-3-5-12(11)8-13/h2-8H,9,19H2,1H3,(H,22,23)(H2,18,20,21). The van der Waals surface area contributed by atoms with Crippen LogP contribution in [0, 0.1) is 6.92 Å². The van der Waals surface area contributed by atoms with Gasteiger partial charge in [0.1, 0.15) is 12.4 Å². The smallest absolute Gasteiger partial charge is 0.269 e. The Morgan fingerprint density at radius 2 is 1.92 bits per heavy atom. The summed E-state index contributed by atoms with van der Waals surface area (Å²) in [6.07, 6.45) is 0. The number of hydrazine groups is 1. The monoisotopic (exact) mass is 323 g/mol. The summed E-state index contributed by atoms with van der Waals surface area (Å²) in [5.74, 6) is 5.49. The van der Waals surface area contributed by atoms with E-state index in [1.54, 1.807) is 6.92 Å². The van der Waals surface area contributed by atoms with Gasteiger partial charge in [0.2, 0.25) is 5.95 Å². The number of anilines is 1. The average Bonchev–Trinajstić information content (AvgIpc) is 2.58. The number of fused-ring (bicyclic) bond motifs is 1. The van der Waals surface area contributed by atoms with Crippen molar-refractivity contribution in [2.45, 2.75) is 13.5 Å². The van der Waals surface area contributed by atoms with Crippen LogP contribution in [0.5, 0.6) is 5.75 Å². The van der Waals surface area contributed by atoms with Crippen LogP contribution in [-0.4, -0.2) is 15.9 Å². The number of carbonyl (C=O) groups is 1. The van der Waals surface area contributed by atoms with Crippen molar-refractivity contribution < 1.29 is 9.53 Å². The quantitative estimate of drug-likeness (QED) is 0.382. The molecule has 1 heterocycles. The fraction of sp³-hybridized carbons (Fsp3) is 0.118. The van der Waals surface area contributed by atoms with Crippen molar-refractivity contribution in [1.82, 2.24) is 15.4 Å². The molecule has 1 aromatic heterocycles. The number of benzene rings is 2. The maximum Gasteiger partial charge on any atom is 0.269 e. The van der Waals surface area contributed by atoms with E-state index in [2.05, 4.69) is 15.4 Å². The molecule has 7 heteroatoms. The number of hydrogen-bond acceptors (Lipinski definition) is 6. The number of amides is 1. The molecule has 7 nitrogen and oxygen atoms in total. The molecule has 0 unspecified atom stereocenters. The predicted molar refractivity (Wildman–Crippen MR) is 91.1 cm³/mol. The van der Waals surface area contributed by atoms with Gasteiger partial charge in [0, 0.05) is 0 Å². The Balaban J connectivity index is 1.89. The van der Waals surface area contributed by atoms with Crippen LogP contribution >= 0.6 is 0 Å². The Hall–Kier alpha value is -3.19. The molecule has 0 aliphatic heterocycles. The minimum Gasteiger partial charge on any atom is -0.487 e. The highest BCUT2D eigenvalue weighted by molar-refractivity contribution is 5.96. The second-order valence-corrected chi connectivity index (χ2v) is 5.26. The third kappa shape index (κ3) is 3.11. The van der Waals surface area contributed by atoms with Crippen molar-refractivity contribution >= 4 is 22.6 Å². The summed E-state index contributed by atoms with van der Waals surface area (Å²) in [4.78, 5) is 20.0. The Labute approximate surface area is 138 Å². The molecule has 3 rings (SSSR count). The third-order valence-corrected chi connectivity index (χ3v) is 3.64. The number of aryl methyl sites for hydroxylation is 1. The molecule has 5 N–H and O–H groups in total. The first-order valence-electron chi connectivity index (χ1n) is 7.34. The van der Waals surface area contributed by atoms with Crippen LogP contribution in [0.1, 0.15) is 21.7 Å². The molecular formula is C17H17N5O2. The zero-order chi connectivity index (χ0) is 17.1. The van der Waals surface area contributed by atoms with Crippen molar-refractivity contribution in [3.63, 3.8) is 0 Å². The molecule has 122 valence electrons. The Kier molecular flexibility index (Phi) is 4.26. The van der Waals surface area contributed by atoms with Crippen molar-refractivity contribution in [3.8, 4) is 5.75 Å². The number of ether oxygens (including phenoxy) is 1. The van der Waals surface area contributed by atoms with Gasteiger partial charge in [0.25, 0.3) is 5.91 Å². The molecule has 0 saturated carbocycles. The molecule has 1 amide bonds. The molecule has 0 aliphatic carbocycles. The number of aromatic nitrogens is 2. The van der Waals surface area contributed by atoms with Gasteiger partial charge < -0.3 is 10.5 Å². The fourth-order valence-corrected chi connectivity index (χ4v) is 2.54. The molecule has 0 bridgehead atoms. The minimum absolute atomic E-state index is 0.0780. The number of nitrogens with zero attached hydrogens (tertiary/aromatic N) is 2. The zero-order valence-electron chi connectivity index (χ0n) is 13.1. The number of nitrogen functional groups attached to an aromatic ring is 2. The topological polar surface area (TPSA) is 116 Å². The van der Waals surface area contributed by atoms with Crippen LogP contribution in [0.15, 0.2) is 42.5 Å². The Bertz CT molecular complexity index is 911. The first-order chi connectivity index (χ1) is 11.6. The van der Waals surface area contributed by atoms with Crippen LogP contribution in [-0.2, 0) is 6.61 Å². The van der Waals surface area contributed by atoms with E-state index in [1.165, 1.54) is 0 Å². The molecule has 0 fully saturated rings. The SMILES string of the molecule is Cc1nc(N)nc(COc2ccc3ccccc3c2)c1C(=O)NN. The van der Waals surface area contributed by atoms with Crippen molar-refractivity contribution in [1.29, 1.82) is 0 Å². The third-order valence-electron chi connectivity index (χ3n) is 3.64. The lowest BCUT2D eigenvalue weighted by atomic mass is 10.1. The lowest BCUT2D eigenvalue weighted by molar-refractivity contribution is 0.0949. The summed E-state index contributed by atoms with van der Waals surface area (Å²) in [6.45, 7) is 1.75. The number of carbonyl (C=O) groups excluding carboxylic acids is 1. The van der Waals surface area contributed by atoms with E-state index in [0.29, 0.717) is 17.1 Å². The van der Waals surface area contributed by atoms with Crippen LogP contribution in [0.3, 0.4) is 0 Å². The summed E-state index contributed by atoms with van der Waals surface area (Å²) in [5.41, 5.74) is 8.86. The van der Waals surface area contributed by atoms with Crippen molar-refractivity contribution in [2.75, 3.05) is 5.73 Å². The van der Waals surface area contributed by atoms with E-state index in [4.69, 9.17) is 16.3 Å². The number of rotatable bonds is 4. The summed E-state index contributed by atoms with van der Waals surface area (Å²) < 4.78 is 5.78. The number of nitrogens with one attached hydrogen (secondary N) is 1. The predicted octanol–water partition coefficient (Wildman–Crippen LogP) is 1.70. The normalized spacial score (nSPS) is 10.6.